The fourth-order valence-electron chi connectivity index (χ4n) is 1.32. The van der Waals surface area contributed by atoms with Crippen LogP contribution in [0.25, 0.3) is 0 Å². The molecule has 0 bridgehead atoms. The van der Waals surface area contributed by atoms with Gasteiger partial charge in [0.1, 0.15) is 5.78 Å². The van der Waals surface area contributed by atoms with Crippen LogP contribution in [0.5, 0.6) is 0 Å². The standard InChI is InChI=1S/C12H14Cl2O2/c1-2-16-7-6-10(15)8-9-4-3-5-11(13)12(9)14/h3-5H,2,6-8H2,1H3. The summed E-state index contributed by atoms with van der Waals surface area (Å²) in [7, 11) is 0. The quantitative estimate of drug-likeness (QED) is 0.732. The van der Waals surface area contributed by atoms with Gasteiger partial charge in [-0.15, -0.1) is 0 Å². The van der Waals surface area contributed by atoms with Crippen molar-refractivity contribution in [2.75, 3.05) is 13.2 Å². The van der Waals surface area contributed by atoms with Gasteiger partial charge in [-0.25, -0.2) is 0 Å². The molecule has 0 heterocycles. The van der Waals surface area contributed by atoms with Crippen molar-refractivity contribution in [3.8, 4) is 0 Å². The largest absolute Gasteiger partial charge is 0.381 e. The number of Topliss-reactive ketones (excluding diaryl/α,β-unsaturated/α-hetero) is 1. The van der Waals surface area contributed by atoms with Crippen molar-refractivity contribution in [2.24, 2.45) is 0 Å². The van der Waals surface area contributed by atoms with Crippen LogP contribution in [0, 0.1) is 0 Å². The van der Waals surface area contributed by atoms with Crippen LogP contribution < -0.4 is 0 Å². The fourth-order valence-corrected chi connectivity index (χ4v) is 1.70. The Labute approximate surface area is 106 Å². The first-order valence-corrected chi connectivity index (χ1v) is 5.93. The molecule has 1 rings (SSSR count). The van der Waals surface area contributed by atoms with E-state index in [1.165, 1.54) is 0 Å². The first kappa shape index (κ1) is 13.5. The summed E-state index contributed by atoms with van der Waals surface area (Å²) in [6.45, 7) is 3.00. The molecule has 1 aromatic carbocycles. The Hall–Kier alpha value is -0.570. The fraction of sp³-hybridized carbons (Fsp3) is 0.417. The summed E-state index contributed by atoms with van der Waals surface area (Å²) in [5.74, 6) is 0.109. The first-order valence-electron chi connectivity index (χ1n) is 5.17. The van der Waals surface area contributed by atoms with Gasteiger partial charge in [-0.2, -0.15) is 0 Å². The maximum atomic E-state index is 11.6. The van der Waals surface area contributed by atoms with E-state index in [-0.39, 0.29) is 5.78 Å². The Bertz CT molecular complexity index is 364. The average Bonchev–Trinajstić information content (AvgIpc) is 2.25. The lowest BCUT2D eigenvalue weighted by molar-refractivity contribution is -0.119. The van der Waals surface area contributed by atoms with Crippen molar-refractivity contribution in [2.45, 2.75) is 19.8 Å². The molecule has 2 nitrogen and oxygen atoms in total. The summed E-state index contributed by atoms with van der Waals surface area (Å²) >= 11 is 11.8. The number of hydrogen-bond donors (Lipinski definition) is 0. The highest BCUT2D eigenvalue weighted by Gasteiger charge is 2.09. The van der Waals surface area contributed by atoms with Gasteiger partial charge in [0.15, 0.2) is 0 Å². The molecule has 4 heteroatoms. The van der Waals surface area contributed by atoms with Crippen LogP contribution in [-0.2, 0) is 16.0 Å². The van der Waals surface area contributed by atoms with Crippen molar-refractivity contribution in [3.05, 3.63) is 33.8 Å². The summed E-state index contributed by atoms with van der Waals surface area (Å²) in [5.41, 5.74) is 0.774. The van der Waals surface area contributed by atoms with Crippen LogP contribution in [0.2, 0.25) is 10.0 Å². The van der Waals surface area contributed by atoms with E-state index >= 15 is 0 Å². The summed E-state index contributed by atoms with van der Waals surface area (Å²) in [6.07, 6.45) is 0.725. The van der Waals surface area contributed by atoms with E-state index in [4.69, 9.17) is 27.9 Å². The predicted octanol–water partition coefficient (Wildman–Crippen LogP) is 3.53. The number of ketones is 1. The molecule has 0 saturated carbocycles. The minimum absolute atomic E-state index is 0.109. The normalized spacial score (nSPS) is 10.4. The number of halogens is 2. The first-order chi connectivity index (χ1) is 7.65. The lowest BCUT2D eigenvalue weighted by atomic mass is 10.1. The zero-order valence-electron chi connectivity index (χ0n) is 9.13. The molecule has 0 unspecified atom stereocenters. The number of carbonyl (C=O) groups excluding carboxylic acids is 1. The maximum absolute atomic E-state index is 11.6. The minimum atomic E-state index is 0.109. The molecule has 88 valence electrons. The SMILES string of the molecule is CCOCCC(=O)Cc1cccc(Cl)c1Cl. The number of hydrogen-bond acceptors (Lipinski definition) is 2. The van der Waals surface area contributed by atoms with Crippen molar-refractivity contribution in [1.82, 2.24) is 0 Å². The average molecular weight is 261 g/mol. The van der Waals surface area contributed by atoms with E-state index in [9.17, 15) is 4.79 Å². The number of benzene rings is 1. The second-order valence-corrected chi connectivity index (χ2v) is 4.16. The smallest absolute Gasteiger partial charge is 0.139 e. The van der Waals surface area contributed by atoms with E-state index in [2.05, 4.69) is 0 Å². The van der Waals surface area contributed by atoms with Crippen molar-refractivity contribution in [3.63, 3.8) is 0 Å². The predicted molar refractivity (Wildman–Crippen MR) is 66.3 cm³/mol. The zero-order valence-corrected chi connectivity index (χ0v) is 10.6. The molecule has 1 aromatic rings. The third-order valence-corrected chi connectivity index (χ3v) is 3.01. The van der Waals surface area contributed by atoms with Crippen molar-refractivity contribution in [1.29, 1.82) is 0 Å². The molecule has 0 radical (unpaired) electrons. The van der Waals surface area contributed by atoms with Gasteiger partial charge in [0.05, 0.1) is 16.7 Å². The highest BCUT2D eigenvalue weighted by molar-refractivity contribution is 6.42. The maximum Gasteiger partial charge on any atom is 0.139 e. The van der Waals surface area contributed by atoms with Crippen LogP contribution in [0.1, 0.15) is 18.9 Å². The van der Waals surface area contributed by atoms with E-state index in [0.717, 1.165) is 5.56 Å². The molecule has 0 atom stereocenters. The van der Waals surface area contributed by atoms with E-state index < -0.39 is 0 Å². The third-order valence-electron chi connectivity index (χ3n) is 2.15. The highest BCUT2D eigenvalue weighted by atomic mass is 35.5. The molecule has 0 aliphatic heterocycles. The van der Waals surface area contributed by atoms with Gasteiger partial charge in [0.25, 0.3) is 0 Å². The Balaban J connectivity index is 2.53. The van der Waals surface area contributed by atoms with E-state index in [0.29, 0.717) is 36.1 Å². The molecule has 0 saturated heterocycles. The lowest BCUT2D eigenvalue weighted by Crippen LogP contribution is -2.07. The van der Waals surface area contributed by atoms with Gasteiger partial charge >= 0.3 is 0 Å². The van der Waals surface area contributed by atoms with Crippen LogP contribution >= 0.6 is 23.2 Å². The minimum Gasteiger partial charge on any atom is -0.381 e. The van der Waals surface area contributed by atoms with Crippen LogP contribution in [0.4, 0.5) is 0 Å². The monoisotopic (exact) mass is 260 g/mol. The van der Waals surface area contributed by atoms with Gasteiger partial charge in [-0.1, -0.05) is 35.3 Å². The van der Waals surface area contributed by atoms with Crippen molar-refractivity contribution < 1.29 is 9.53 Å². The summed E-state index contributed by atoms with van der Waals surface area (Å²) in [6, 6.07) is 5.31. The van der Waals surface area contributed by atoms with Gasteiger partial charge in [-0.3, -0.25) is 4.79 Å². The van der Waals surface area contributed by atoms with Gasteiger partial charge < -0.3 is 4.74 Å². The Kier molecular flexibility index (Phi) is 5.81. The van der Waals surface area contributed by atoms with Gasteiger partial charge in [0, 0.05) is 19.4 Å². The second kappa shape index (κ2) is 6.89. The molecule has 16 heavy (non-hydrogen) atoms. The summed E-state index contributed by atoms with van der Waals surface area (Å²) < 4.78 is 5.12. The van der Waals surface area contributed by atoms with Crippen LogP contribution in [0.15, 0.2) is 18.2 Å². The molecule has 0 fully saturated rings. The van der Waals surface area contributed by atoms with Crippen molar-refractivity contribution >= 4 is 29.0 Å². The molecule has 0 N–H and O–H groups in total. The summed E-state index contributed by atoms with van der Waals surface area (Å²) in [5, 5.41) is 0.950. The highest BCUT2D eigenvalue weighted by Crippen LogP contribution is 2.26. The molecule has 0 spiro atoms. The molecule has 0 aromatic heterocycles. The zero-order chi connectivity index (χ0) is 12.0. The van der Waals surface area contributed by atoms with Gasteiger partial charge in [0.2, 0.25) is 0 Å². The summed E-state index contributed by atoms with van der Waals surface area (Å²) in [4.78, 5) is 11.6. The van der Waals surface area contributed by atoms with Crippen LogP contribution in [-0.4, -0.2) is 19.0 Å². The Morgan fingerprint density at radius 2 is 2.12 bits per heavy atom. The lowest BCUT2D eigenvalue weighted by Gasteiger charge is -2.05. The topological polar surface area (TPSA) is 26.3 Å². The third kappa shape index (κ3) is 4.12. The van der Waals surface area contributed by atoms with E-state index in [1.54, 1.807) is 12.1 Å². The molecular formula is C12H14Cl2O2. The molecule has 0 aliphatic carbocycles. The number of ether oxygens (including phenoxy) is 1. The molecule has 0 amide bonds. The number of rotatable bonds is 6. The Morgan fingerprint density at radius 1 is 1.38 bits per heavy atom. The molecular weight excluding hydrogens is 247 g/mol. The Morgan fingerprint density at radius 3 is 2.81 bits per heavy atom. The molecule has 0 aliphatic rings. The van der Waals surface area contributed by atoms with Gasteiger partial charge in [-0.05, 0) is 18.6 Å². The number of carbonyl (C=O) groups is 1. The van der Waals surface area contributed by atoms with Crippen LogP contribution in [0.3, 0.4) is 0 Å². The van der Waals surface area contributed by atoms with E-state index in [1.807, 2.05) is 13.0 Å². The second-order valence-electron chi connectivity index (χ2n) is 3.38.